The third-order valence-corrected chi connectivity index (χ3v) is 5.24. The Morgan fingerprint density at radius 1 is 1.53 bits per heavy atom. The molecule has 0 bridgehead atoms. The van der Waals surface area contributed by atoms with Gasteiger partial charge in [-0.25, -0.2) is 0 Å². The molecule has 2 aliphatic rings. The number of rotatable bonds is 4. The van der Waals surface area contributed by atoms with E-state index in [-0.39, 0.29) is 0 Å². The van der Waals surface area contributed by atoms with Gasteiger partial charge < -0.3 is 10.2 Å². The van der Waals surface area contributed by atoms with Crippen molar-refractivity contribution >= 4 is 11.8 Å². The summed E-state index contributed by atoms with van der Waals surface area (Å²) < 4.78 is 0.564. The molecule has 0 aromatic heterocycles. The molecule has 2 aliphatic heterocycles. The first kappa shape index (κ1) is 11.7. The van der Waals surface area contributed by atoms with Crippen molar-refractivity contribution in [3.63, 3.8) is 0 Å². The van der Waals surface area contributed by atoms with E-state index >= 15 is 0 Å². The van der Waals surface area contributed by atoms with Crippen LogP contribution in [-0.4, -0.2) is 48.6 Å². The van der Waals surface area contributed by atoms with E-state index in [1.165, 1.54) is 51.2 Å². The van der Waals surface area contributed by atoms with Crippen molar-refractivity contribution in [2.24, 2.45) is 5.92 Å². The summed E-state index contributed by atoms with van der Waals surface area (Å²) in [7, 11) is 2.07. The van der Waals surface area contributed by atoms with Crippen molar-refractivity contribution in [1.82, 2.24) is 10.2 Å². The van der Waals surface area contributed by atoms with Crippen LogP contribution in [0, 0.1) is 5.92 Å². The maximum absolute atomic E-state index is 3.30. The summed E-state index contributed by atoms with van der Waals surface area (Å²) in [5.41, 5.74) is 0. The van der Waals surface area contributed by atoms with Gasteiger partial charge in [0.15, 0.2) is 0 Å². The highest BCUT2D eigenvalue weighted by molar-refractivity contribution is 8.00. The Balaban J connectivity index is 1.76. The Bertz CT molecular complexity index is 202. The molecule has 0 aromatic carbocycles. The molecule has 2 rings (SSSR count). The van der Waals surface area contributed by atoms with Crippen molar-refractivity contribution in [3.05, 3.63) is 0 Å². The fraction of sp³-hybridized carbons (Fsp3) is 1.00. The van der Waals surface area contributed by atoms with Crippen LogP contribution in [0.5, 0.6) is 0 Å². The smallest absolute Gasteiger partial charge is 0.0259 e. The first-order valence-electron chi connectivity index (χ1n) is 6.23. The number of hydrogen-bond acceptors (Lipinski definition) is 3. The Morgan fingerprint density at radius 2 is 2.40 bits per heavy atom. The monoisotopic (exact) mass is 228 g/mol. The zero-order valence-corrected chi connectivity index (χ0v) is 10.9. The predicted octanol–water partition coefficient (Wildman–Crippen LogP) is 1.81. The van der Waals surface area contributed by atoms with Gasteiger partial charge in [-0.3, -0.25) is 0 Å². The van der Waals surface area contributed by atoms with Gasteiger partial charge in [-0.15, -0.1) is 0 Å². The lowest BCUT2D eigenvalue weighted by atomic mass is 10.1. The Labute approximate surface area is 98.2 Å². The first-order valence-corrected chi connectivity index (χ1v) is 7.21. The van der Waals surface area contributed by atoms with Crippen LogP contribution >= 0.6 is 11.8 Å². The summed E-state index contributed by atoms with van der Waals surface area (Å²) in [6, 6.07) is 0. The van der Waals surface area contributed by atoms with Crippen molar-refractivity contribution in [3.8, 4) is 0 Å². The van der Waals surface area contributed by atoms with E-state index in [1.807, 2.05) is 0 Å². The highest BCUT2D eigenvalue weighted by Gasteiger charge is 2.33. The average Bonchev–Trinajstić information content (AvgIpc) is 2.77. The van der Waals surface area contributed by atoms with Crippen molar-refractivity contribution < 1.29 is 0 Å². The van der Waals surface area contributed by atoms with Crippen LogP contribution < -0.4 is 5.32 Å². The fourth-order valence-electron chi connectivity index (χ4n) is 2.95. The van der Waals surface area contributed by atoms with Crippen molar-refractivity contribution in [1.29, 1.82) is 0 Å². The van der Waals surface area contributed by atoms with Gasteiger partial charge in [0, 0.05) is 17.8 Å². The van der Waals surface area contributed by atoms with Crippen LogP contribution in [0.1, 0.15) is 26.2 Å². The quantitative estimate of drug-likeness (QED) is 0.790. The highest BCUT2D eigenvalue weighted by atomic mass is 32.2. The van der Waals surface area contributed by atoms with Gasteiger partial charge in [0.2, 0.25) is 0 Å². The number of nitrogens with one attached hydrogen (secondary N) is 1. The number of likely N-dealkylation sites (tertiary alicyclic amines) is 1. The molecule has 0 aromatic rings. The van der Waals surface area contributed by atoms with E-state index in [1.54, 1.807) is 0 Å². The number of nitrogens with zero attached hydrogens (tertiary/aromatic N) is 1. The lowest BCUT2D eigenvalue weighted by Gasteiger charge is -2.29. The zero-order valence-electron chi connectivity index (χ0n) is 10.1. The van der Waals surface area contributed by atoms with Crippen LogP contribution in [0.3, 0.4) is 0 Å². The van der Waals surface area contributed by atoms with E-state index in [9.17, 15) is 0 Å². The second-order valence-corrected chi connectivity index (χ2v) is 7.03. The third kappa shape index (κ3) is 3.11. The predicted molar refractivity (Wildman–Crippen MR) is 68.6 cm³/mol. The molecule has 88 valence electrons. The van der Waals surface area contributed by atoms with Crippen LogP contribution in [0.4, 0.5) is 0 Å². The van der Waals surface area contributed by atoms with Gasteiger partial charge in [0.1, 0.15) is 0 Å². The number of thioether (sulfide) groups is 1. The van der Waals surface area contributed by atoms with E-state index in [2.05, 4.69) is 35.9 Å². The van der Waals surface area contributed by atoms with Gasteiger partial charge >= 0.3 is 0 Å². The van der Waals surface area contributed by atoms with E-state index in [0.717, 1.165) is 5.92 Å². The molecule has 0 amide bonds. The van der Waals surface area contributed by atoms with Crippen LogP contribution in [0.15, 0.2) is 0 Å². The van der Waals surface area contributed by atoms with Crippen molar-refractivity contribution in [2.45, 2.75) is 30.9 Å². The second-order valence-electron chi connectivity index (χ2n) is 5.35. The minimum absolute atomic E-state index is 0.564. The molecular weight excluding hydrogens is 204 g/mol. The summed E-state index contributed by atoms with van der Waals surface area (Å²) in [5, 5.41) is 3.30. The van der Waals surface area contributed by atoms with Crippen LogP contribution in [0.2, 0.25) is 0 Å². The highest BCUT2D eigenvalue weighted by Crippen LogP contribution is 2.39. The molecule has 0 aliphatic carbocycles. The van der Waals surface area contributed by atoms with Crippen molar-refractivity contribution in [2.75, 3.05) is 39.0 Å². The summed E-state index contributed by atoms with van der Waals surface area (Å²) >= 11 is 2.19. The lowest BCUT2D eigenvalue weighted by molar-refractivity contribution is 0.290. The molecule has 0 saturated carbocycles. The second kappa shape index (κ2) is 5.07. The Kier molecular flexibility index (Phi) is 3.97. The summed E-state index contributed by atoms with van der Waals surface area (Å²) in [6.45, 7) is 7.60. The largest absolute Gasteiger partial charge is 0.319 e. The average molecular weight is 228 g/mol. The Morgan fingerprint density at radius 3 is 3.07 bits per heavy atom. The maximum atomic E-state index is 3.30. The van der Waals surface area contributed by atoms with Gasteiger partial charge in [-0.05, 0) is 58.0 Å². The summed E-state index contributed by atoms with van der Waals surface area (Å²) in [6.07, 6.45) is 4.24. The van der Waals surface area contributed by atoms with E-state index in [0.29, 0.717) is 4.75 Å². The molecule has 0 radical (unpaired) electrons. The molecule has 1 N–H and O–H groups in total. The maximum Gasteiger partial charge on any atom is 0.0259 e. The molecule has 3 heteroatoms. The molecule has 2 fully saturated rings. The zero-order chi connectivity index (χ0) is 10.7. The topological polar surface area (TPSA) is 15.3 Å². The van der Waals surface area contributed by atoms with Gasteiger partial charge in [0.05, 0.1) is 0 Å². The molecule has 2 heterocycles. The lowest BCUT2D eigenvalue weighted by Crippen LogP contribution is -2.36. The molecule has 15 heavy (non-hydrogen) atoms. The van der Waals surface area contributed by atoms with Gasteiger partial charge in [-0.1, -0.05) is 0 Å². The molecule has 2 nitrogen and oxygen atoms in total. The minimum atomic E-state index is 0.564. The SMILES string of the molecule is CNCC1CCN(CC2(C)CCCS2)C1. The van der Waals surface area contributed by atoms with Crippen LogP contribution in [0.25, 0.3) is 0 Å². The standard InChI is InChI=1S/C12H24N2S/c1-12(5-3-7-15-12)10-14-6-4-11(9-14)8-13-2/h11,13H,3-10H2,1-2H3. The van der Waals surface area contributed by atoms with Gasteiger partial charge in [-0.2, -0.15) is 11.8 Å². The van der Waals surface area contributed by atoms with Gasteiger partial charge in [0.25, 0.3) is 0 Å². The molecule has 2 atom stereocenters. The molecular formula is C12H24N2S. The molecule has 2 unspecified atom stereocenters. The van der Waals surface area contributed by atoms with E-state index in [4.69, 9.17) is 0 Å². The number of hydrogen-bond donors (Lipinski definition) is 1. The van der Waals surface area contributed by atoms with Crippen LogP contribution in [-0.2, 0) is 0 Å². The summed E-state index contributed by atoms with van der Waals surface area (Å²) in [4.78, 5) is 2.68. The Hall–Kier alpha value is 0.270. The fourth-order valence-corrected chi connectivity index (χ4v) is 4.29. The minimum Gasteiger partial charge on any atom is -0.319 e. The summed E-state index contributed by atoms with van der Waals surface area (Å²) in [5.74, 6) is 2.27. The molecule has 2 saturated heterocycles. The van der Waals surface area contributed by atoms with E-state index < -0.39 is 0 Å². The molecule has 0 spiro atoms. The normalized spacial score (nSPS) is 37.6. The third-order valence-electron chi connectivity index (χ3n) is 3.72. The first-order chi connectivity index (χ1) is 7.22.